The Morgan fingerprint density at radius 2 is 1.43 bits per heavy atom. The van der Waals surface area contributed by atoms with Crippen LogP contribution in [0.5, 0.6) is 0 Å². The number of alkyl halides is 6. The number of carboxylic acids is 1. The summed E-state index contributed by atoms with van der Waals surface area (Å²) < 4.78 is 98.7. The summed E-state index contributed by atoms with van der Waals surface area (Å²) in [5.74, 6) is -4.26. The average Bonchev–Trinajstić information content (AvgIpc) is 2.95. The molecule has 0 unspecified atom stereocenters. The quantitative estimate of drug-likeness (QED) is 0.123. The van der Waals surface area contributed by atoms with Crippen LogP contribution < -0.4 is 16.0 Å². The fraction of sp³-hybridized carbons (Fsp3) is 0.0714. The lowest BCUT2D eigenvalue weighted by molar-refractivity contribution is -0.192. The zero-order chi connectivity index (χ0) is 32.7. The minimum atomic E-state index is -5.08. The van der Waals surface area contributed by atoms with Crippen LogP contribution in [-0.2, 0) is 15.8 Å². The van der Waals surface area contributed by atoms with Crippen molar-refractivity contribution in [2.75, 3.05) is 16.0 Å². The first-order valence-electron chi connectivity index (χ1n) is 11.9. The predicted molar refractivity (Wildman–Crippen MR) is 144 cm³/mol. The number of halogens is 8. The van der Waals surface area contributed by atoms with Crippen molar-refractivity contribution in [3.05, 3.63) is 103 Å². The molecule has 4 N–H and O–H groups in total. The summed E-state index contributed by atoms with van der Waals surface area (Å²) in [6.07, 6.45) is -7.19. The molecule has 3 aromatic carbocycles. The molecule has 1 aromatic heterocycles. The third kappa shape index (κ3) is 9.23. The van der Waals surface area contributed by atoms with Crippen molar-refractivity contribution in [2.45, 2.75) is 12.4 Å². The molecule has 0 aliphatic carbocycles. The molecule has 16 heteroatoms. The molecule has 0 atom stereocenters. The van der Waals surface area contributed by atoms with Crippen LogP contribution in [0.1, 0.15) is 5.56 Å². The van der Waals surface area contributed by atoms with E-state index >= 15 is 0 Å². The van der Waals surface area contributed by atoms with Gasteiger partial charge in [-0.25, -0.2) is 18.6 Å². The highest BCUT2D eigenvalue weighted by Crippen LogP contribution is 2.34. The second-order valence-electron chi connectivity index (χ2n) is 8.48. The zero-order valence-corrected chi connectivity index (χ0v) is 21.9. The van der Waals surface area contributed by atoms with Crippen LogP contribution in [0.25, 0.3) is 11.1 Å². The Balaban J connectivity index is 0.000000676. The van der Waals surface area contributed by atoms with Gasteiger partial charge in [0.1, 0.15) is 17.5 Å². The Bertz CT molecular complexity index is 1640. The highest BCUT2D eigenvalue weighted by Gasteiger charge is 2.38. The maximum absolute atomic E-state index is 14.7. The Morgan fingerprint density at radius 3 is 1.98 bits per heavy atom. The highest BCUT2D eigenvalue weighted by atomic mass is 19.4. The van der Waals surface area contributed by atoms with Crippen molar-refractivity contribution < 1.29 is 49.8 Å². The number of aliphatic carboxylic acids is 1. The van der Waals surface area contributed by atoms with Crippen LogP contribution in [0.15, 0.2) is 85.6 Å². The third-order valence-electron chi connectivity index (χ3n) is 5.33. The zero-order valence-electron chi connectivity index (χ0n) is 21.9. The van der Waals surface area contributed by atoms with E-state index in [4.69, 9.17) is 9.90 Å². The molecular formula is C28H19F8N5O3. The molecule has 1 amide bonds. The largest absolute Gasteiger partial charge is 0.490 e. The third-order valence-corrected chi connectivity index (χ3v) is 5.33. The van der Waals surface area contributed by atoms with Crippen LogP contribution in [0.2, 0.25) is 0 Å². The van der Waals surface area contributed by atoms with Gasteiger partial charge in [0.15, 0.2) is 0 Å². The molecule has 0 bridgehead atoms. The van der Waals surface area contributed by atoms with E-state index in [-0.39, 0.29) is 28.7 Å². The first-order valence-corrected chi connectivity index (χ1v) is 11.9. The highest BCUT2D eigenvalue weighted by molar-refractivity contribution is 5.99. The number of aromatic nitrogens is 2. The van der Waals surface area contributed by atoms with E-state index in [0.717, 1.165) is 24.3 Å². The Hall–Kier alpha value is -5.54. The summed E-state index contributed by atoms with van der Waals surface area (Å²) in [6, 6.07) is 13.5. The van der Waals surface area contributed by atoms with Crippen LogP contribution in [-0.4, -0.2) is 33.1 Å². The molecule has 230 valence electrons. The molecule has 1 heterocycles. The van der Waals surface area contributed by atoms with Gasteiger partial charge < -0.3 is 21.1 Å². The fourth-order valence-electron chi connectivity index (χ4n) is 3.27. The Labute approximate surface area is 243 Å². The molecular weight excluding hydrogens is 606 g/mol. The maximum atomic E-state index is 14.7. The molecule has 0 aliphatic heterocycles. The van der Waals surface area contributed by atoms with Gasteiger partial charge in [-0.2, -0.15) is 31.3 Å². The van der Waals surface area contributed by atoms with Gasteiger partial charge in [0.05, 0.1) is 11.3 Å². The van der Waals surface area contributed by atoms with E-state index in [1.165, 1.54) is 54.7 Å². The van der Waals surface area contributed by atoms with Gasteiger partial charge in [0.25, 0.3) is 0 Å². The summed E-state index contributed by atoms with van der Waals surface area (Å²) >= 11 is 0. The van der Waals surface area contributed by atoms with Crippen molar-refractivity contribution in [1.29, 1.82) is 0 Å². The summed E-state index contributed by atoms with van der Waals surface area (Å²) in [6.45, 7) is 3.36. The summed E-state index contributed by atoms with van der Waals surface area (Å²) in [5, 5.41) is 15.4. The number of carbonyl (C=O) groups is 2. The number of carboxylic acid groups (broad SMARTS) is 1. The lowest BCUT2D eigenvalue weighted by atomic mass is 10.1. The fourth-order valence-corrected chi connectivity index (χ4v) is 3.27. The van der Waals surface area contributed by atoms with E-state index in [2.05, 4.69) is 32.5 Å². The van der Waals surface area contributed by atoms with Crippen LogP contribution in [0, 0.1) is 11.6 Å². The number of nitrogens with zero attached hydrogens (tertiary/aromatic N) is 2. The second kappa shape index (κ2) is 13.6. The smallest absolute Gasteiger partial charge is 0.475 e. The molecule has 44 heavy (non-hydrogen) atoms. The van der Waals surface area contributed by atoms with Crippen molar-refractivity contribution in [2.24, 2.45) is 0 Å². The SMILES string of the molecule is C=CC(=O)Nc1ccc(F)c(Nc2nc(Nc3ccc(F)cc3)ncc2-c2ccc(C(F)(F)F)cc2)c1.O=C(O)C(F)(F)F. The van der Waals surface area contributed by atoms with Crippen LogP contribution >= 0.6 is 0 Å². The number of rotatable bonds is 7. The van der Waals surface area contributed by atoms with Crippen LogP contribution in [0.4, 0.5) is 64.0 Å². The van der Waals surface area contributed by atoms with Gasteiger partial charge in [0.2, 0.25) is 11.9 Å². The monoisotopic (exact) mass is 625 g/mol. The molecule has 4 aromatic rings. The van der Waals surface area contributed by atoms with E-state index < -0.39 is 41.4 Å². The minimum absolute atomic E-state index is 0.0568. The first kappa shape index (κ1) is 33.0. The molecule has 8 nitrogen and oxygen atoms in total. The molecule has 0 spiro atoms. The Morgan fingerprint density at radius 1 is 0.841 bits per heavy atom. The van der Waals surface area contributed by atoms with Crippen molar-refractivity contribution in [3.63, 3.8) is 0 Å². The average molecular weight is 625 g/mol. The van der Waals surface area contributed by atoms with E-state index in [1.54, 1.807) is 0 Å². The number of anilines is 5. The topological polar surface area (TPSA) is 116 Å². The van der Waals surface area contributed by atoms with E-state index in [1.807, 2.05) is 0 Å². The molecule has 0 fully saturated rings. The molecule has 4 rings (SSSR count). The molecule has 0 saturated heterocycles. The maximum Gasteiger partial charge on any atom is 0.490 e. The minimum Gasteiger partial charge on any atom is -0.475 e. The number of hydrogen-bond donors (Lipinski definition) is 4. The predicted octanol–water partition coefficient (Wildman–Crippen LogP) is 7.69. The Kier molecular flexibility index (Phi) is 10.2. The van der Waals surface area contributed by atoms with Gasteiger partial charge in [0, 0.05) is 23.1 Å². The number of benzene rings is 3. The van der Waals surface area contributed by atoms with Gasteiger partial charge >= 0.3 is 18.3 Å². The lowest BCUT2D eigenvalue weighted by Crippen LogP contribution is -2.21. The van der Waals surface area contributed by atoms with Crippen molar-refractivity contribution in [3.8, 4) is 11.1 Å². The van der Waals surface area contributed by atoms with Crippen LogP contribution in [0.3, 0.4) is 0 Å². The molecule has 0 aliphatic rings. The van der Waals surface area contributed by atoms with Gasteiger partial charge in [-0.15, -0.1) is 0 Å². The van der Waals surface area contributed by atoms with Gasteiger partial charge in [-0.1, -0.05) is 18.7 Å². The summed E-state index contributed by atoms with van der Waals surface area (Å²) in [5.41, 5.74) is 0.441. The molecule has 0 radical (unpaired) electrons. The first-order chi connectivity index (χ1) is 20.6. The summed E-state index contributed by atoms with van der Waals surface area (Å²) in [4.78, 5) is 29.1. The normalized spacial score (nSPS) is 11.1. The number of hydrogen-bond acceptors (Lipinski definition) is 6. The number of nitrogens with one attached hydrogen (secondary N) is 3. The number of carbonyl (C=O) groups excluding carboxylic acids is 1. The van der Waals surface area contributed by atoms with E-state index in [0.29, 0.717) is 11.3 Å². The van der Waals surface area contributed by atoms with Crippen molar-refractivity contribution >= 4 is 40.7 Å². The van der Waals surface area contributed by atoms with E-state index in [9.17, 15) is 39.9 Å². The molecule has 0 saturated carbocycles. The summed E-state index contributed by atoms with van der Waals surface area (Å²) in [7, 11) is 0. The van der Waals surface area contributed by atoms with Gasteiger partial charge in [-0.05, 0) is 66.2 Å². The lowest BCUT2D eigenvalue weighted by Gasteiger charge is -2.15. The van der Waals surface area contributed by atoms with Gasteiger partial charge in [-0.3, -0.25) is 4.79 Å². The second-order valence-corrected chi connectivity index (χ2v) is 8.48. The number of amides is 1. The standard InChI is InChI=1S/C26H18F5N5O.C2HF3O2/c1-2-23(37)33-19-11-12-21(28)22(13-19)35-24-20(15-3-5-16(6-4-15)26(29,30)31)14-32-25(36-24)34-18-9-7-17(27)8-10-18;3-2(4,5)1(6)7/h2-14H,1H2,(H,33,37)(H2,32,34,35,36);(H,6,7). The van der Waals surface area contributed by atoms with Crippen molar-refractivity contribution in [1.82, 2.24) is 9.97 Å².